The highest BCUT2D eigenvalue weighted by molar-refractivity contribution is 5.23. The Bertz CT molecular complexity index is 420. The fourth-order valence-corrected chi connectivity index (χ4v) is 2.29. The molecule has 0 aliphatic carbocycles. The van der Waals surface area contributed by atoms with Gasteiger partial charge in [0.25, 0.3) is 5.92 Å². The van der Waals surface area contributed by atoms with Crippen molar-refractivity contribution in [1.82, 2.24) is 9.88 Å². The Morgan fingerprint density at radius 3 is 2.71 bits per heavy atom. The molecule has 0 aromatic carbocycles. The van der Waals surface area contributed by atoms with E-state index in [1.165, 1.54) is 6.07 Å². The standard InChI is InChI=1S/C12H15F3N2/c1-8-3-4-9(11(13)16-8)10-5-6-17(2)7-12(10,14)15/h3-4,10H,5-7H2,1-2H3. The van der Waals surface area contributed by atoms with E-state index in [-0.39, 0.29) is 18.5 Å². The molecule has 1 aliphatic heterocycles. The lowest BCUT2D eigenvalue weighted by Gasteiger charge is -2.36. The molecular weight excluding hydrogens is 229 g/mol. The van der Waals surface area contributed by atoms with Crippen LogP contribution in [0, 0.1) is 12.9 Å². The van der Waals surface area contributed by atoms with Crippen LogP contribution in [0.2, 0.25) is 0 Å². The van der Waals surface area contributed by atoms with Gasteiger partial charge in [-0.1, -0.05) is 6.07 Å². The van der Waals surface area contributed by atoms with Gasteiger partial charge in [-0.25, -0.2) is 13.8 Å². The van der Waals surface area contributed by atoms with E-state index in [1.54, 1.807) is 24.9 Å². The summed E-state index contributed by atoms with van der Waals surface area (Å²) in [7, 11) is 1.65. The number of hydrogen-bond donors (Lipinski definition) is 0. The highest BCUT2D eigenvalue weighted by atomic mass is 19.3. The third-order valence-corrected chi connectivity index (χ3v) is 3.18. The van der Waals surface area contributed by atoms with Crippen LogP contribution in [0.3, 0.4) is 0 Å². The summed E-state index contributed by atoms with van der Waals surface area (Å²) < 4.78 is 41.3. The van der Waals surface area contributed by atoms with Crippen molar-refractivity contribution < 1.29 is 13.2 Å². The fraction of sp³-hybridized carbons (Fsp3) is 0.583. The van der Waals surface area contributed by atoms with Crippen LogP contribution < -0.4 is 0 Å². The fourth-order valence-electron chi connectivity index (χ4n) is 2.29. The third-order valence-electron chi connectivity index (χ3n) is 3.18. The van der Waals surface area contributed by atoms with Gasteiger partial charge in [-0.15, -0.1) is 0 Å². The maximum Gasteiger partial charge on any atom is 0.267 e. The molecule has 17 heavy (non-hydrogen) atoms. The molecule has 1 aromatic rings. The zero-order valence-electron chi connectivity index (χ0n) is 9.88. The van der Waals surface area contributed by atoms with Crippen LogP contribution in [0.25, 0.3) is 0 Å². The van der Waals surface area contributed by atoms with Crippen LogP contribution in [0.4, 0.5) is 13.2 Å². The predicted octanol–water partition coefficient (Wildman–Crippen LogP) is 2.58. The molecule has 1 fully saturated rings. The van der Waals surface area contributed by atoms with E-state index in [1.807, 2.05) is 0 Å². The lowest BCUT2D eigenvalue weighted by atomic mass is 9.87. The lowest BCUT2D eigenvalue weighted by Crippen LogP contribution is -2.45. The Balaban J connectivity index is 2.33. The largest absolute Gasteiger partial charge is 0.301 e. The quantitative estimate of drug-likeness (QED) is 0.706. The number of halogens is 3. The second-order valence-electron chi connectivity index (χ2n) is 4.67. The molecule has 5 heteroatoms. The molecule has 0 saturated carbocycles. The Labute approximate surface area is 98.5 Å². The normalized spacial score (nSPS) is 24.9. The highest BCUT2D eigenvalue weighted by Gasteiger charge is 2.45. The Morgan fingerprint density at radius 1 is 1.41 bits per heavy atom. The summed E-state index contributed by atoms with van der Waals surface area (Å²) in [5.74, 6) is -4.73. The van der Waals surface area contributed by atoms with Crippen LogP contribution in [0.5, 0.6) is 0 Å². The molecule has 1 aromatic heterocycles. The molecule has 1 atom stereocenters. The molecule has 0 bridgehead atoms. The van der Waals surface area contributed by atoms with E-state index < -0.39 is 17.8 Å². The van der Waals surface area contributed by atoms with Gasteiger partial charge in [-0.05, 0) is 33.0 Å². The van der Waals surface area contributed by atoms with Gasteiger partial charge in [-0.3, -0.25) is 0 Å². The zero-order chi connectivity index (χ0) is 12.6. The molecule has 0 amide bonds. The van der Waals surface area contributed by atoms with Crippen molar-refractivity contribution in [2.24, 2.45) is 0 Å². The number of likely N-dealkylation sites (tertiary alicyclic amines) is 1. The maximum absolute atomic E-state index is 13.8. The van der Waals surface area contributed by atoms with Gasteiger partial charge < -0.3 is 4.90 Å². The smallest absolute Gasteiger partial charge is 0.267 e. The summed E-state index contributed by atoms with van der Waals surface area (Å²) >= 11 is 0. The molecule has 2 nitrogen and oxygen atoms in total. The molecule has 0 N–H and O–H groups in total. The molecule has 1 aliphatic rings. The highest BCUT2D eigenvalue weighted by Crippen LogP contribution is 2.40. The zero-order valence-corrected chi connectivity index (χ0v) is 9.88. The average molecular weight is 244 g/mol. The van der Waals surface area contributed by atoms with Gasteiger partial charge >= 0.3 is 0 Å². The van der Waals surface area contributed by atoms with Crippen LogP contribution in [0.15, 0.2) is 12.1 Å². The third kappa shape index (κ3) is 2.44. The number of pyridine rings is 1. The van der Waals surface area contributed by atoms with E-state index in [9.17, 15) is 13.2 Å². The molecule has 0 spiro atoms. The SMILES string of the molecule is Cc1ccc(C2CCN(C)CC2(F)F)c(F)n1. The van der Waals surface area contributed by atoms with E-state index in [0.717, 1.165) is 0 Å². The Morgan fingerprint density at radius 2 is 2.12 bits per heavy atom. The van der Waals surface area contributed by atoms with Gasteiger partial charge in [0, 0.05) is 11.3 Å². The number of nitrogens with zero attached hydrogens (tertiary/aromatic N) is 2. The first-order chi connectivity index (χ1) is 7.90. The van der Waals surface area contributed by atoms with Gasteiger partial charge in [0.2, 0.25) is 5.95 Å². The molecule has 1 unspecified atom stereocenters. The molecule has 2 rings (SSSR count). The minimum Gasteiger partial charge on any atom is -0.301 e. The van der Waals surface area contributed by atoms with E-state index >= 15 is 0 Å². The van der Waals surface area contributed by atoms with Gasteiger partial charge in [0.15, 0.2) is 0 Å². The first-order valence-electron chi connectivity index (χ1n) is 5.59. The van der Waals surface area contributed by atoms with E-state index in [4.69, 9.17) is 0 Å². The van der Waals surface area contributed by atoms with Crippen molar-refractivity contribution in [2.75, 3.05) is 20.1 Å². The van der Waals surface area contributed by atoms with E-state index in [0.29, 0.717) is 12.2 Å². The summed E-state index contributed by atoms with van der Waals surface area (Å²) in [5, 5.41) is 0. The topological polar surface area (TPSA) is 16.1 Å². The van der Waals surface area contributed by atoms with Crippen molar-refractivity contribution in [3.63, 3.8) is 0 Å². The summed E-state index contributed by atoms with van der Waals surface area (Å²) in [6.45, 7) is 1.86. The average Bonchev–Trinajstić information content (AvgIpc) is 2.18. The van der Waals surface area contributed by atoms with Gasteiger partial charge in [0.05, 0.1) is 12.5 Å². The minimum atomic E-state index is -2.90. The Kier molecular flexibility index (Phi) is 3.12. The molecule has 1 saturated heterocycles. The van der Waals surface area contributed by atoms with Crippen molar-refractivity contribution in [2.45, 2.75) is 25.2 Å². The number of aryl methyl sites for hydroxylation is 1. The number of hydrogen-bond acceptors (Lipinski definition) is 2. The van der Waals surface area contributed by atoms with Gasteiger partial charge in [0.1, 0.15) is 0 Å². The van der Waals surface area contributed by atoms with Crippen LogP contribution in [-0.2, 0) is 0 Å². The molecule has 94 valence electrons. The monoisotopic (exact) mass is 244 g/mol. The number of alkyl halides is 2. The van der Waals surface area contributed by atoms with Crippen LogP contribution in [0.1, 0.15) is 23.6 Å². The summed E-state index contributed by atoms with van der Waals surface area (Å²) in [6, 6.07) is 3.01. The second kappa shape index (κ2) is 4.29. The maximum atomic E-state index is 13.8. The molecule has 2 heterocycles. The summed E-state index contributed by atoms with van der Waals surface area (Å²) in [5.41, 5.74) is 0.538. The summed E-state index contributed by atoms with van der Waals surface area (Å²) in [4.78, 5) is 5.19. The predicted molar refractivity (Wildman–Crippen MR) is 58.7 cm³/mol. The van der Waals surface area contributed by atoms with Crippen molar-refractivity contribution in [1.29, 1.82) is 0 Å². The van der Waals surface area contributed by atoms with Crippen LogP contribution in [-0.4, -0.2) is 35.9 Å². The van der Waals surface area contributed by atoms with Crippen molar-refractivity contribution in [3.8, 4) is 0 Å². The van der Waals surface area contributed by atoms with Crippen molar-refractivity contribution >= 4 is 0 Å². The number of rotatable bonds is 1. The molecule has 0 radical (unpaired) electrons. The number of piperidine rings is 1. The number of aromatic nitrogens is 1. The first kappa shape index (κ1) is 12.4. The van der Waals surface area contributed by atoms with Gasteiger partial charge in [-0.2, -0.15) is 4.39 Å². The van der Waals surface area contributed by atoms with Crippen molar-refractivity contribution in [3.05, 3.63) is 29.3 Å². The first-order valence-corrected chi connectivity index (χ1v) is 5.59. The van der Waals surface area contributed by atoms with E-state index in [2.05, 4.69) is 4.98 Å². The lowest BCUT2D eigenvalue weighted by molar-refractivity contribution is -0.0775. The Hall–Kier alpha value is -1.10. The molecular formula is C12H15F3N2. The minimum absolute atomic E-state index is 0.0358. The summed E-state index contributed by atoms with van der Waals surface area (Å²) in [6.07, 6.45) is 0.255. The van der Waals surface area contributed by atoms with Crippen LogP contribution >= 0.6 is 0 Å². The second-order valence-corrected chi connectivity index (χ2v) is 4.67.